The Bertz CT molecular complexity index is 783. The topological polar surface area (TPSA) is 88.0 Å². The van der Waals surface area contributed by atoms with Crippen molar-refractivity contribution in [1.29, 1.82) is 0 Å². The first-order valence-corrected chi connectivity index (χ1v) is 9.09. The Hall–Kier alpha value is -2.67. The minimum atomic E-state index is -0.833. The van der Waals surface area contributed by atoms with Gasteiger partial charge in [-0.25, -0.2) is 0 Å². The van der Waals surface area contributed by atoms with Crippen LogP contribution in [0.5, 0.6) is 0 Å². The molecule has 1 atom stereocenters. The number of carboxylic acids is 1. The molecule has 2 aromatic carbocycles. The number of nitrogens with one attached hydrogen (secondary N) is 1. The highest BCUT2D eigenvalue weighted by Gasteiger charge is 2.04. The van der Waals surface area contributed by atoms with Gasteiger partial charge in [-0.1, -0.05) is 35.4 Å². The van der Waals surface area contributed by atoms with Crippen molar-refractivity contribution in [2.45, 2.75) is 33.3 Å². The number of carbonyl (C=O) groups excluding carboxylic acids is 1. The second-order valence-corrected chi connectivity index (χ2v) is 6.18. The van der Waals surface area contributed by atoms with Crippen LogP contribution in [0.15, 0.2) is 53.5 Å². The van der Waals surface area contributed by atoms with Gasteiger partial charge in [0.2, 0.25) is 5.56 Å². The van der Waals surface area contributed by atoms with Crippen LogP contribution in [0.2, 0.25) is 0 Å². The molecule has 0 heterocycles. The molecule has 1 unspecified atom stereocenters. The number of hydrogen-bond donors (Lipinski definition) is 3. The molecule has 0 fully saturated rings. The lowest BCUT2D eigenvalue weighted by Crippen LogP contribution is -2.19. The predicted molar refractivity (Wildman–Crippen MR) is 119 cm³/mol. The highest BCUT2D eigenvalue weighted by molar-refractivity contribution is 7.80. The summed E-state index contributed by atoms with van der Waals surface area (Å²) in [5, 5.41) is 12.7. The van der Waals surface area contributed by atoms with Crippen molar-refractivity contribution in [2.75, 3.05) is 5.32 Å². The zero-order valence-corrected chi connectivity index (χ0v) is 17.9. The molecule has 0 aliphatic rings. The van der Waals surface area contributed by atoms with E-state index in [0.29, 0.717) is 0 Å². The van der Waals surface area contributed by atoms with Crippen molar-refractivity contribution in [2.24, 2.45) is 4.99 Å². The van der Waals surface area contributed by atoms with Gasteiger partial charge in [-0.2, -0.15) is 4.99 Å². The first-order chi connectivity index (χ1) is 13.1. The van der Waals surface area contributed by atoms with E-state index in [-0.39, 0.29) is 5.97 Å². The second kappa shape index (κ2) is 14.4. The molecule has 2 aromatic rings. The molecule has 0 aromatic heterocycles. The number of aliphatic carboxylic acids is 1. The molecule has 0 saturated carbocycles. The van der Waals surface area contributed by atoms with Crippen molar-refractivity contribution in [3.8, 4) is 0 Å². The molecule has 0 amide bonds. The van der Waals surface area contributed by atoms with Crippen LogP contribution in [0, 0.1) is 13.8 Å². The average Bonchev–Trinajstić information content (AvgIpc) is 2.59. The Kier molecular flexibility index (Phi) is 13.0. The summed E-state index contributed by atoms with van der Waals surface area (Å²) in [4.78, 5) is 23.4. The summed E-state index contributed by atoms with van der Waals surface area (Å²) in [6, 6.07) is 15.6. The molecule has 0 radical (unpaired) electrons. The first-order valence-electron chi connectivity index (χ1n) is 8.16. The van der Waals surface area contributed by atoms with Crippen LogP contribution < -0.4 is 5.32 Å². The molecule has 6 nitrogen and oxygen atoms in total. The van der Waals surface area contributed by atoms with Crippen molar-refractivity contribution < 1.29 is 19.4 Å². The number of aliphatic imine (C=N–C) groups is 1. The zero-order valence-electron chi connectivity index (χ0n) is 16.2. The number of thiol groups is 1. The monoisotopic (exact) mass is 420 g/mol. The van der Waals surface area contributed by atoms with E-state index in [1.54, 1.807) is 0 Å². The van der Waals surface area contributed by atoms with Gasteiger partial charge in [-0.05, 0) is 50.3 Å². The van der Waals surface area contributed by atoms with Gasteiger partial charge in [0.15, 0.2) is 0 Å². The smallest absolute Gasteiger partial charge is 0.305 e. The van der Waals surface area contributed by atoms with E-state index >= 15 is 0 Å². The number of rotatable bonds is 4. The van der Waals surface area contributed by atoms with Crippen molar-refractivity contribution >= 4 is 53.3 Å². The number of aryl methyl sites for hydroxylation is 2. The van der Waals surface area contributed by atoms with Crippen LogP contribution in [0.1, 0.15) is 25.0 Å². The lowest BCUT2D eigenvalue weighted by Gasteiger charge is -2.13. The van der Waals surface area contributed by atoms with Crippen LogP contribution in [-0.2, 0) is 14.3 Å². The molecule has 0 aliphatic heterocycles. The average molecular weight is 421 g/mol. The zero-order chi connectivity index (χ0) is 21.5. The quantitative estimate of drug-likeness (QED) is 0.212. The minimum absolute atomic E-state index is 0.357. The van der Waals surface area contributed by atoms with Gasteiger partial charge in [-0.3, -0.25) is 9.59 Å². The number of thiocarbonyl (C=S) groups is 1. The lowest BCUT2D eigenvalue weighted by atomic mass is 10.2. The largest absolute Gasteiger partial charge is 0.481 e. The van der Waals surface area contributed by atoms with E-state index in [1.165, 1.54) is 18.1 Å². The maximum Gasteiger partial charge on any atom is 0.305 e. The molecule has 0 spiro atoms. The van der Waals surface area contributed by atoms with Crippen LogP contribution >= 0.6 is 24.8 Å². The summed E-state index contributed by atoms with van der Waals surface area (Å²) in [5.41, 5.74) is 3.54. The number of ether oxygens (including phenoxy) is 1. The molecule has 0 saturated heterocycles. The standard InChI is InChI=1S/C10H13NO2S.C8H7NS.C2H4O2/c1-7-3-5-9(6-4-7)11-10(14)13-8(2)12;1-7-2-4-8(5-3-7)9-6-10;1-2(3)4/h3-6,10-11,14H,1-2H3;2-5H,1H3;1H3,(H,3,4). The maximum atomic E-state index is 10.6. The van der Waals surface area contributed by atoms with E-state index in [4.69, 9.17) is 14.6 Å². The third-order valence-electron chi connectivity index (χ3n) is 2.83. The summed E-state index contributed by atoms with van der Waals surface area (Å²) in [6.07, 6.45) is 0. The van der Waals surface area contributed by atoms with Crippen LogP contribution in [0.3, 0.4) is 0 Å². The fourth-order valence-electron chi connectivity index (χ4n) is 1.65. The third-order valence-corrected chi connectivity index (χ3v) is 3.15. The van der Waals surface area contributed by atoms with E-state index in [0.717, 1.165) is 18.3 Å². The number of nitrogens with zero attached hydrogens (tertiary/aromatic N) is 1. The van der Waals surface area contributed by atoms with Gasteiger partial charge in [0.05, 0.1) is 10.8 Å². The Morgan fingerprint density at radius 3 is 1.89 bits per heavy atom. The molecule has 150 valence electrons. The first kappa shape index (κ1) is 25.3. The highest BCUT2D eigenvalue weighted by Crippen LogP contribution is 2.12. The second-order valence-electron chi connectivity index (χ2n) is 5.53. The van der Waals surface area contributed by atoms with Crippen LogP contribution in [0.25, 0.3) is 0 Å². The van der Waals surface area contributed by atoms with E-state index in [2.05, 4.69) is 40.3 Å². The van der Waals surface area contributed by atoms with Gasteiger partial charge in [0.25, 0.3) is 5.97 Å². The molecule has 2 N–H and O–H groups in total. The van der Waals surface area contributed by atoms with Crippen LogP contribution in [0.4, 0.5) is 11.4 Å². The van der Waals surface area contributed by atoms with Gasteiger partial charge in [0, 0.05) is 19.5 Å². The molecule has 2 rings (SSSR count). The lowest BCUT2D eigenvalue weighted by molar-refractivity contribution is -0.141. The molecular formula is C20H24N2O4S2. The summed E-state index contributed by atoms with van der Waals surface area (Å²) in [7, 11) is 0. The number of anilines is 1. The SMILES string of the molecule is CC(=O)O.CC(=O)OC(S)Nc1ccc(C)cc1.Cc1ccc(N=C=S)cc1. The minimum Gasteiger partial charge on any atom is -0.481 e. The van der Waals surface area contributed by atoms with Crippen molar-refractivity contribution in [3.63, 3.8) is 0 Å². The molecule has 28 heavy (non-hydrogen) atoms. The van der Waals surface area contributed by atoms with Gasteiger partial charge >= 0.3 is 5.97 Å². The number of carboxylic acid groups (broad SMARTS) is 1. The fraction of sp³-hybridized carbons (Fsp3) is 0.250. The Morgan fingerprint density at radius 1 is 1.07 bits per heavy atom. The summed E-state index contributed by atoms with van der Waals surface area (Å²) < 4.78 is 4.80. The third kappa shape index (κ3) is 14.5. The Labute approximate surface area is 176 Å². The van der Waals surface area contributed by atoms with Crippen LogP contribution in [-0.4, -0.2) is 27.8 Å². The van der Waals surface area contributed by atoms with Crippen molar-refractivity contribution in [1.82, 2.24) is 0 Å². The van der Waals surface area contributed by atoms with E-state index in [1.807, 2.05) is 62.4 Å². The molecular weight excluding hydrogens is 396 g/mol. The van der Waals surface area contributed by atoms with Crippen molar-refractivity contribution in [3.05, 3.63) is 59.7 Å². The maximum absolute atomic E-state index is 10.6. The number of hydrogen-bond acceptors (Lipinski definition) is 7. The number of benzene rings is 2. The number of isothiocyanates is 1. The molecule has 0 aliphatic carbocycles. The number of carbonyl (C=O) groups is 2. The summed E-state index contributed by atoms with van der Waals surface area (Å²) in [5.74, 6) is -1.19. The predicted octanol–water partition coefficient (Wildman–Crippen LogP) is 5.00. The van der Waals surface area contributed by atoms with Gasteiger partial charge < -0.3 is 15.2 Å². The van der Waals surface area contributed by atoms with Gasteiger partial charge in [-0.15, -0.1) is 12.6 Å². The molecule has 0 bridgehead atoms. The normalized spacial score (nSPS) is 9.89. The van der Waals surface area contributed by atoms with Gasteiger partial charge in [0.1, 0.15) is 0 Å². The van der Waals surface area contributed by atoms with E-state index < -0.39 is 11.5 Å². The Morgan fingerprint density at radius 2 is 1.50 bits per heavy atom. The number of esters is 1. The molecule has 8 heteroatoms. The fourth-order valence-corrected chi connectivity index (χ4v) is 2.05. The Balaban J connectivity index is 0.000000454. The highest BCUT2D eigenvalue weighted by atomic mass is 32.1. The van der Waals surface area contributed by atoms with E-state index in [9.17, 15) is 4.79 Å². The summed E-state index contributed by atoms with van der Waals surface area (Å²) in [6.45, 7) is 6.47. The summed E-state index contributed by atoms with van der Waals surface area (Å²) >= 11 is 8.50.